The molecule has 2 fully saturated rings. The summed E-state index contributed by atoms with van der Waals surface area (Å²) in [5, 5.41) is 6.53. The molecule has 0 spiro atoms. The predicted molar refractivity (Wildman–Crippen MR) is 60.5 cm³/mol. The van der Waals surface area contributed by atoms with Gasteiger partial charge in [0.25, 0.3) is 0 Å². The molecule has 3 heteroatoms. The highest BCUT2D eigenvalue weighted by Gasteiger charge is 2.38. The standard InChI is InChI=1S/C12H22N2O/c1-9-7-13-8-10(9)14-11(15)12(2)5-3-4-6-12/h9-10,13H,3-8H2,1-2H3,(H,14,15). The summed E-state index contributed by atoms with van der Waals surface area (Å²) in [6, 6.07) is 0.343. The zero-order valence-electron chi connectivity index (χ0n) is 9.81. The first kappa shape index (κ1) is 10.9. The van der Waals surface area contributed by atoms with Crippen LogP contribution in [-0.4, -0.2) is 25.0 Å². The summed E-state index contributed by atoms with van der Waals surface area (Å²) >= 11 is 0. The Morgan fingerprint density at radius 3 is 2.53 bits per heavy atom. The Labute approximate surface area is 92.0 Å². The van der Waals surface area contributed by atoms with Crippen molar-refractivity contribution < 1.29 is 4.79 Å². The fourth-order valence-electron chi connectivity index (χ4n) is 2.73. The van der Waals surface area contributed by atoms with Crippen molar-refractivity contribution in [2.75, 3.05) is 13.1 Å². The molecule has 2 atom stereocenters. The van der Waals surface area contributed by atoms with E-state index in [1.54, 1.807) is 0 Å². The first-order valence-electron chi connectivity index (χ1n) is 6.13. The molecule has 86 valence electrons. The fourth-order valence-corrected chi connectivity index (χ4v) is 2.73. The molecule has 1 heterocycles. The lowest BCUT2D eigenvalue weighted by Crippen LogP contribution is -2.46. The minimum absolute atomic E-state index is 0.0810. The van der Waals surface area contributed by atoms with E-state index < -0.39 is 0 Å². The van der Waals surface area contributed by atoms with Crippen LogP contribution in [0.25, 0.3) is 0 Å². The third kappa shape index (κ3) is 2.17. The second-order valence-corrected chi connectivity index (χ2v) is 5.48. The van der Waals surface area contributed by atoms with Crippen molar-refractivity contribution in [3.8, 4) is 0 Å². The van der Waals surface area contributed by atoms with E-state index in [-0.39, 0.29) is 11.3 Å². The molecule has 0 bridgehead atoms. The van der Waals surface area contributed by atoms with Gasteiger partial charge < -0.3 is 10.6 Å². The number of carbonyl (C=O) groups excluding carboxylic acids is 1. The first-order chi connectivity index (χ1) is 7.12. The van der Waals surface area contributed by atoms with E-state index in [4.69, 9.17) is 0 Å². The van der Waals surface area contributed by atoms with Gasteiger partial charge in [-0.25, -0.2) is 0 Å². The fraction of sp³-hybridized carbons (Fsp3) is 0.917. The number of rotatable bonds is 2. The van der Waals surface area contributed by atoms with Gasteiger partial charge in [0, 0.05) is 18.0 Å². The highest BCUT2D eigenvalue weighted by Crippen LogP contribution is 2.37. The summed E-state index contributed by atoms with van der Waals surface area (Å²) in [5.74, 6) is 0.847. The van der Waals surface area contributed by atoms with Crippen molar-refractivity contribution in [1.82, 2.24) is 10.6 Å². The van der Waals surface area contributed by atoms with Crippen LogP contribution in [-0.2, 0) is 4.79 Å². The SMILES string of the molecule is CC1CNCC1NC(=O)C1(C)CCCC1. The third-order valence-electron chi connectivity index (χ3n) is 4.09. The number of amides is 1. The largest absolute Gasteiger partial charge is 0.351 e. The molecule has 2 rings (SSSR count). The van der Waals surface area contributed by atoms with E-state index >= 15 is 0 Å². The van der Waals surface area contributed by atoms with E-state index in [2.05, 4.69) is 24.5 Å². The lowest BCUT2D eigenvalue weighted by Gasteiger charge is -2.26. The van der Waals surface area contributed by atoms with Crippen molar-refractivity contribution in [2.45, 2.75) is 45.6 Å². The molecule has 2 N–H and O–H groups in total. The van der Waals surface area contributed by atoms with Crippen molar-refractivity contribution in [2.24, 2.45) is 11.3 Å². The van der Waals surface area contributed by atoms with E-state index in [9.17, 15) is 4.79 Å². The quantitative estimate of drug-likeness (QED) is 0.721. The second kappa shape index (κ2) is 4.12. The van der Waals surface area contributed by atoms with E-state index in [1.807, 2.05) is 0 Å². The monoisotopic (exact) mass is 210 g/mol. The topological polar surface area (TPSA) is 41.1 Å². The summed E-state index contributed by atoms with van der Waals surface area (Å²) in [6.07, 6.45) is 4.55. The predicted octanol–water partition coefficient (Wildman–Crippen LogP) is 1.29. The molecule has 1 aliphatic heterocycles. The van der Waals surface area contributed by atoms with Gasteiger partial charge in [0.2, 0.25) is 5.91 Å². The van der Waals surface area contributed by atoms with Gasteiger partial charge in [0.15, 0.2) is 0 Å². The van der Waals surface area contributed by atoms with E-state index in [0.717, 1.165) is 25.9 Å². The average molecular weight is 210 g/mol. The van der Waals surface area contributed by atoms with Crippen LogP contribution < -0.4 is 10.6 Å². The molecule has 1 aliphatic carbocycles. The van der Waals surface area contributed by atoms with Gasteiger partial charge in [0.1, 0.15) is 0 Å². The van der Waals surface area contributed by atoms with Gasteiger partial charge in [-0.1, -0.05) is 26.7 Å². The van der Waals surface area contributed by atoms with Crippen LogP contribution in [0.1, 0.15) is 39.5 Å². The Bertz CT molecular complexity index is 246. The molecule has 0 aromatic heterocycles. The minimum atomic E-state index is -0.0810. The van der Waals surface area contributed by atoms with Gasteiger partial charge >= 0.3 is 0 Å². The lowest BCUT2D eigenvalue weighted by atomic mass is 9.87. The lowest BCUT2D eigenvalue weighted by molar-refractivity contribution is -0.130. The Balaban J connectivity index is 1.91. The van der Waals surface area contributed by atoms with Gasteiger partial charge in [-0.05, 0) is 25.3 Å². The van der Waals surface area contributed by atoms with Crippen molar-refractivity contribution >= 4 is 5.91 Å². The van der Waals surface area contributed by atoms with Crippen LogP contribution in [0.4, 0.5) is 0 Å². The minimum Gasteiger partial charge on any atom is -0.351 e. The Kier molecular flexibility index (Phi) is 3.01. The Hall–Kier alpha value is -0.570. The van der Waals surface area contributed by atoms with Gasteiger partial charge in [0.05, 0.1) is 0 Å². The summed E-state index contributed by atoms with van der Waals surface area (Å²) < 4.78 is 0. The molecule has 2 aliphatic rings. The number of hydrogen-bond acceptors (Lipinski definition) is 2. The molecule has 0 aromatic rings. The average Bonchev–Trinajstić information content (AvgIpc) is 2.78. The summed E-state index contributed by atoms with van der Waals surface area (Å²) in [5.41, 5.74) is -0.0810. The van der Waals surface area contributed by atoms with E-state index in [0.29, 0.717) is 12.0 Å². The molecule has 0 radical (unpaired) electrons. The van der Waals surface area contributed by atoms with Crippen LogP contribution in [0.15, 0.2) is 0 Å². The van der Waals surface area contributed by atoms with Crippen molar-refractivity contribution in [3.05, 3.63) is 0 Å². The molecule has 1 saturated carbocycles. The molecule has 3 nitrogen and oxygen atoms in total. The zero-order valence-corrected chi connectivity index (χ0v) is 9.81. The molecule has 0 aromatic carbocycles. The molecule has 1 saturated heterocycles. The zero-order chi connectivity index (χ0) is 10.9. The highest BCUT2D eigenvalue weighted by atomic mass is 16.2. The highest BCUT2D eigenvalue weighted by molar-refractivity contribution is 5.82. The van der Waals surface area contributed by atoms with E-state index in [1.165, 1.54) is 12.8 Å². The number of carbonyl (C=O) groups is 1. The molecule has 2 unspecified atom stereocenters. The second-order valence-electron chi connectivity index (χ2n) is 5.48. The Morgan fingerprint density at radius 1 is 1.33 bits per heavy atom. The van der Waals surface area contributed by atoms with Gasteiger partial charge in [-0.2, -0.15) is 0 Å². The molecule has 15 heavy (non-hydrogen) atoms. The summed E-state index contributed by atoms with van der Waals surface area (Å²) in [6.45, 7) is 6.27. The van der Waals surface area contributed by atoms with Crippen LogP contribution in [0, 0.1) is 11.3 Å². The molecule has 1 amide bonds. The van der Waals surface area contributed by atoms with Crippen LogP contribution in [0.3, 0.4) is 0 Å². The summed E-state index contributed by atoms with van der Waals surface area (Å²) in [7, 11) is 0. The van der Waals surface area contributed by atoms with Crippen molar-refractivity contribution in [1.29, 1.82) is 0 Å². The number of nitrogens with one attached hydrogen (secondary N) is 2. The smallest absolute Gasteiger partial charge is 0.226 e. The maximum Gasteiger partial charge on any atom is 0.226 e. The van der Waals surface area contributed by atoms with Crippen molar-refractivity contribution in [3.63, 3.8) is 0 Å². The van der Waals surface area contributed by atoms with Crippen LogP contribution in [0.5, 0.6) is 0 Å². The van der Waals surface area contributed by atoms with Crippen LogP contribution >= 0.6 is 0 Å². The maximum absolute atomic E-state index is 12.1. The Morgan fingerprint density at radius 2 is 2.00 bits per heavy atom. The number of hydrogen-bond donors (Lipinski definition) is 2. The van der Waals surface area contributed by atoms with Gasteiger partial charge in [-0.3, -0.25) is 4.79 Å². The maximum atomic E-state index is 12.1. The van der Waals surface area contributed by atoms with Gasteiger partial charge in [-0.15, -0.1) is 0 Å². The molecular formula is C12H22N2O. The molecular weight excluding hydrogens is 188 g/mol. The third-order valence-corrected chi connectivity index (χ3v) is 4.09. The summed E-state index contributed by atoms with van der Waals surface area (Å²) in [4.78, 5) is 12.1. The normalized spacial score (nSPS) is 34.3. The van der Waals surface area contributed by atoms with Crippen LogP contribution in [0.2, 0.25) is 0 Å². The first-order valence-corrected chi connectivity index (χ1v) is 6.13.